The van der Waals surface area contributed by atoms with Gasteiger partial charge in [-0.3, -0.25) is 0 Å². The van der Waals surface area contributed by atoms with Crippen molar-refractivity contribution in [1.82, 2.24) is 15.0 Å². The van der Waals surface area contributed by atoms with Gasteiger partial charge in [0, 0.05) is 43.9 Å². The normalized spacial score (nSPS) is 10.9. The summed E-state index contributed by atoms with van der Waals surface area (Å²) in [7, 11) is 0. The molecule has 11 heteroatoms. The lowest BCUT2D eigenvalue weighted by Crippen LogP contribution is -2.32. The van der Waals surface area contributed by atoms with E-state index >= 15 is 0 Å². The molecule has 0 saturated heterocycles. The SMILES string of the molecule is Cc1ccccc1CNc1nc(N(CCO)Cc2ccccc2O)nc(N(CCO)Cc2ccccc2OCCO)n1. The molecule has 0 saturated carbocycles. The summed E-state index contributed by atoms with van der Waals surface area (Å²) in [5, 5.41) is 42.8. The molecular formula is C31H38N6O5. The molecule has 0 aliphatic rings. The van der Waals surface area contributed by atoms with Gasteiger partial charge in [-0.25, -0.2) is 0 Å². The second-order valence-electron chi connectivity index (χ2n) is 9.64. The average molecular weight is 575 g/mol. The van der Waals surface area contributed by atoms with Crippen LogP contribution < -0.4 is 19.9 Å². The molecule has 4 rings (SSSR count). The molecule has 0 unspecified atom stereocenters. The average Bonchev–Trinajstić information content (AvgIpc) is 3.00. The molecule has 0 aliphatic heterocycles. The number of aliphatic hydroxyl groups is 3. The van der Waals surface area contributed by atoms with E-state index < -0.39 is 0 Å². The Hall–Kier alpha value is -4.45. The lowest BCUT2D eigenvalue weighted by molar-refractivity contribution is 0.200. The van der Waals surface area contributed by atoms with E-state index in [0.29, 0.717) is 42.2 Å². The highest BCUT2D eigenvalue weighted by atomic mass is 16.5. The second kappa shape index (κ2) is 15.5. The molecule has 42 heavy (non-hydrogen) atoms. The van der Waals surface area contributed by atoms with Crippen molar-refractivity contribution >= 4 is 17.8 Å². The molecule has 0 atom stereocenters. The van der Waals surface area contributed by atoms with E-state index in [1.165, 1.54) is 0 Å². The van der Waals surface area contributed by atoms with Gasteiger partial charge >= 0.3 is 0 Å². The van der Waals surface area contributed by atoms with Gasteiger partial charge in [0.25, 0.3) is 0 Å². The fourth-order valence-corrected chi connectivity index (χ4v) is 4.43. The van der Waals surface area contributed by atoms with Crippen molar-refractivity contribution in [2.45, 2.75) is 26.6 Å². The predicted molar refractivity (Wildman–Crippen MR) is 162 cm³/mol. The van der Waals surface area contributed by atoms with Crippen molar-refractivity contribution in [3.8, 4) is 11.5 Å². The summed E-state index contributed by atoms with van der Waals surface area (Å²) in [6.07, 6.45) is 0. The number of aromatic hydroxyl groups is 1. The quantitative estimate of drug-likeness (QED) is 0.135. The summed E-state index contributed by atoms with van der Waals surface area (Å²) >= 11 is 0. The molecule has 5 N–H and O–H groups in total. The summed E-state index contributed by atoms with van der Waals surface area (Å²) in [5.74, 6) is 1.69. The zero-order valence-corrected chi connectivity index (χ0v) is 23.7. The van der Waals surface area contributed by atoms with Crippen molar-refractivity contribution in [3.63, 3.8) is 0 Å². The van der Waals surface area contributed by atoms with E-state index in [2.05, 4.69) is 10.3 Å². The number of rotatable bonds is 16. The van der Waals surface area contributed by atoms with E-state index in [1.54, 1.807) is 23.1 Å². The summed E-state index contributed by atoms with van der Waals surface area (Å²) in [5.41, 5.74) is 3.70. The van der Waals surface area contributed by atoms with Gasteiger partial charge in [-0.1, -0.05) is 60.7 Å². The number of aryl methyl sites for hydroxylation is 1. The van der Waals surface area contributed by atoms with Crippen molar-refractivity contribution in [2.75, 3.05) is 54.6 Å². The minimum absolute atomic E-state index is 0.112. The van der Waals surface area contributed by atoms with E-state index in [9.17, 15) is 20.4 Å². The zero-order chi connectivity index (χ0) is 29.7. The number of nitrogens with zero attached hydrogens (tertiary/aromatic N) is 5. The number of nitrogens with one attached hydrogen (secondary N) is 1. The third-order valence-electron chi connectivity index (χ3n) is 6.65. The molecule has 0 amide bonds. The number of benzene rings is 3. The van der Waals surface area contributed by atoms with E-state index in [4.69, 9.17) is 14.7 Å². The van der Waals surface area contributed by atoms with Crippen LogP contribution in [0.25, 0.3) is 0 Å². The monoisotopic (exact) mass is 574 g/mol. The molecule has 0 spiro atoms. The Morgan fingerprint density at radius 2 is 1.26 bits per heavy atom. The number of ether oxygens (including phenoxy) is 1. The second-order valence-corrected chi connectivity index (χ2v) is 9.64. The molecule has 0 fully saturated rings. The molecule has 11 nitrogen and oxygen atoms in total. The maximum atomic E-state index is 10.4. The van der Waals surface area contributed by atoms with Gasteiger partial charge in [-0.05, 0) is 30.2 Å². The highest BCUT2D eigenvalue weighted by Crippen LogP contribution is 2.26. The number of hydrogen-bond donors (Lipinski definition) is 5. The Labute approximate surface area is 245 Å². The van der Waals surface area contributed by atoms with Crippen LogP contribution in [0.4, 0.5) is 17.8 Å². The first-order chi connectivity index (χ1) is 20.5. The number of anilines is 3. The zero-order valence-electron chi connectivity index (χ0n) is 23.7. The maximum absolute atomic E-state index is 10.4. The molecular weight excluding hydrogens is 536 g/mol. The lowest BCUT2D eigenvalue weighted by atomic mass is 10.1. The van der Waals surface area contributed by atoms with Gasteiger partial charge in [0.2, 0.25) is 17.8 Å². The van der Waals surface area contributed by atoms with Crippen LogP contribution in [-0.2, 0) is 19.6 Å². The highest BCUT2D eigenvalue weighted by molar-refractivity contribution is 5.48. The van der Waals surface area contributed by atoms with Crippen LogP contribution in [0, 0.1) is 6.92 Å². The van der Waals surface area contributed by atoms with Crippen molar-refractivity contribution in [2.24, 2.45) is 0 Å². The Bertz CT molecular complexity index is 1420. The first-order valence-corrected chi connectivity index (χ1v) is 13.9. The topological polar surface area (TPSA) is 147 Å². The van der Waals surface area contributed by atoms with Gasteiger partial charge in [-0.15, -0.1) is 0 Å². The first-order valence-electron chi connectivity index (χ1n) is 13.9. The number of phenols is 1. The number of hydrogen-bond acceptors (Lipinski definition) is 11. The largest absolute Gasteiger partial charge is 0.508 e. The van der Waals surface area contributed by atoms with Gasteiger partial charge in [0.05, 0.1) is 19.8 Å². The van der Waals surface area contributed by atoms with Crippen molar-refractivity contribution in [3.05, 3.63) is 95.1 Å². The number of aliphatic hydroxyl groups excluding tert-OH is 3. The maximum Gasteiger partial charge on any atom is 0.232 e. The Balaban J connectivity index is 1.72. The van der Waals surface area contributed by atoms with Crippen LogP contribution in [0.2, 0.25) is 0 Å². The summed E-state index contributed by atoms with van der Waals surface area (Å²) in [4.78, 5) is 17.8. The first kappa shape index (κ1) is 30.5. The van der Waals surface area contributed by atoms with Gasteiger partial charge in [-0.2, -0.15) is 15.0 Å². The van der Waals surface area contributed by atoms with Gasteiger partial charge < -0.3 is 40.3 Å². The smallest absolute Gasteiger partial charge is 0.232 e. The van der Waals surface area contributed by atoms with E-state index in [1.807, 2.05) is 66.4 Å². The minimum Gasteiger partial charge on any atom is -0.508 e. The van der Waals surface area contributed by atoms with Crippen LogP contribution in [-0.4, -0.2) is 74.9 Å². The third kappa shape index (κ3) is 8.29. The number of aromatic nitrogens is 3. The Morgan fingerprint density at radius 1 is 0.690 bits per heavy atom. The van der Waals surface area contributed by atoms with E-state index in [-0.39, 0.29) is 51.8 Å². The lowest BCUT2D eigenvalue weighted by Gasteiger charge is -2.27. The summed E-state index contributed by atoms with van der Waals surface area (Å²) in [6, 6.07) is 22.5. The van der Waals surface area contributed by atoms with Gasteiger partial charge in [0.1, 0.15) is 18.1 Å². The van der Waals surface area contributed by atoms with Crippen LogP contribution >= 0.6 is 0 Å². The van der Waals surface area contributed by atoms with Crippen LogP contribution in [0.1, 0.15) is 22.3 Å². The predicted octanol–water partition coefficient (Wildman–Crippen LogP) is 2.87. The molecule has 0 aliphatic carbocycles. The van der Waals surface area contributed by atoms with Crippen LogP contribution in [0.5, 0.6) is 11.5 Å². The van der Waals surface area contributed by atoms with Crippen LogP contribution in [0.15, 0.2) is 72.8 Å². The molecule has 0 radical (unpaired) electrons. The Kier molecular flexibility index (Phi) is 11.3. The fourth-order valence-electron chi connectivity index (χ4n) is 4.43. The number of para-hydroxylation sites is 2. The summed E-state index contributed by atoms with van der Waals surface area (Å²) < 4.78 is 5.73. The summed E-state index contributed by atoms with van der Waals surface area (Å²) in [6.45, 7) is 3.28. The highest BCUT2D eigenvalue weighted by Gasteiger charge is 2.20. The molecule has 4 aromatic rings. The van der Waals surface area contributed by atoms with Crippen molar-refractivity contribution < 1.29 is 25.2 Å². The van der Waals surface area contributed by atoms with Gasteiger partial charge in [0.15, 0.2) is 0 Å². The molecule has 3 aromatic carbocycles. The molecule has 222 valence electrons. The molecule has 1 heterocycles. The standard InChI is InChI=1S/C31H38N6O5/c1-23-8-2-3-9-24(23)20-32-29-33-30(36(14-16-38)21-25-10-4-6-12-27(25)41)35-31(34-29)37(15-17-39)22-26-11-5-7-13-28(26)42-19-18-40/h2-13,38-41H,14-22H2,1H3,(H,32,33,34,35). The Morgan fingerprint density at radius 3 is 1.88 bits per heavy atom. The fraction of sp³-hybridized carbons (Fsp3) is 0.323. The third-order valence-corrected chi connectivity index (χ3v) is 6.65. The van der Waals surface area contributed by atoms with Crippen molar-refractivity contribution in [1.29, 1.82) is 0 Å². The molecule has 1 aromatic heterocycles. The number of phenolic OH excluding ortho intramolecular Hbond substituents is 1. The van der Waals surface area contributed by atoms with Crippen LogP contribution in [0.3, 0.4) is 0 Å². The minimum atomic E-state index is -0.156. The molecule has 0 bridgehead atoms. The van der Waals surface area contributed by atoms with E-state index in [0.717, 1.165) is 16.7 Å².